The van der Waals surface area contributed by atoms with Gasteiger partial charge >= 0.3 is 7.12 Å². The Labute approximate surface area is 203 Å². The van der Waals surface area contributed by atoms with Gasteiger partial charge in [-0.1, -0.05) is 24.3 Å². The van der Waals surface area contributed by atoms with Crippen LogP contribution in [-0.2, 0) is 6.54 Å². The maximum atomic E-state index is 14.5. The number of carbonyl (C=O) groups is 1. The highest BCUT2D eigenvalue weighted by molar-refractivity contribution is 9.10. The van der Waals surface area contributed by atoms with Crippen molar-refractivity contribution in [2.24, 2.45) is 0 Å². The molecule has 1 amide bonds. The summed E-state index contributed by atoms with van der Waals surface area (Å²) in [5.41, 5.74) is 2.11. The maximum absolute atomic E-state index is 14.5. The zero-order valence-corrected chi connectivity index (χ0v) is 19.7. The fourth-order valence-electron chi connectivity index (χ4n) is 2.90. The van der Waals surface area contributed by atoms with Gasteiger partial charge in [-0.25, -0.2) is 8.78 Å². The molecule has 33 heavy (non-hydrogen) atoms. The fourth-order valence-corrected chi connectivity index (χ4v) is 3.57. The number of anilines is 2. The molecule has 0 radical (unpaired) electrons. The Morgan fingerprint density at radius 2 is 1.73 bits per heavy atom. The van der Waals surface area contributed by atoms with Crippen LogP contribution in [0.4, 0.5) is 20.2 Å². The lowest BCUT2D eigenvalue weighted by molar-refractivity contribution is 0.102. The van der Waals surface area contributed by atoms with Crippen LogP contribution in [0, 0.1) is 18.6 Å². The van der Waals surface area contributed by atoms with Gasteiger partial charge in [0.25, 0.3) is 5.91 Å². The van der Waals surface area contributed by atoms with Gasteiger partial charge in [0.1, 0.15) is 11.6 Å². The van der Waals surface area contributed by atoms with Crippen LogP contribution >= 0.6 is 28.1 Å². The van der Waals surface area contributed by atoms with Crippen molar-refractivity contribution >= 4 is 63.1 Å². The summed E-state index contributed by atoms with van der Waals surface area (Å²) in [6.07, 6.45) is 0. The van der Waals surface area contributed by atoms with E-state index in [4.69, 9.17) is 22.3 Å². The summed E-state index contributed by atoms with van der Waals surface area (Å²) in [7, 11) is -1.55. The first-order valence-corrected chi connectivity index (χ1v) is 10.9. The van der Waals surface area contributed by atoms with Crippen LogP contribution in [0.2, 0.25) is 0 Å². The summed E-state index contributed by atoms with van der Waals surface area (Å²) >= 11 is 8.41. The van der Waals surface area contributed by atoms with E-state index in [0.29, 0.717) is 23.3 Å². The number of hydrogen-bond acceptors (Lipinski definition) is 4. The SMILES string of the molecule is Cc1cc(NC(=O)c2cc(NC(=S)NCc3ccc(B(O)O)cc3)c(F)cc2Br)ccc1F. The summed E-state index contributed by atoms with van der Waals surface area (Å²) in [4.78, 5) is 12.7. The first-order valence-electron chi connectivity index (χ1n) is 9.70. The zero-order valence-electron chi connectivity index (χ0n) is 17.3. The molecule has 3 rings (SSSR count). The van der Waals surface area contributed by atoms with Gasteiger partial charge in [-0.05, 0) is 82.0 Å². The van der Waals surface area contributed by atoms with Crippen LogP contribution in [-0.4, -0.2) is 28.2 Å². The number of amides is 1. The molecule has 5 N–H and O–H groups in total. The molecular formula is C22H19BBrF2N3O3S. The van der Waals surface area contributed by atoms with Crippen LogP contribution in [0.1, 0.15) is 21.5 Å². The van der Waals surface area contributed by atoms with Crippen molar-refractivity contribution in [2.75, 3.05) is 10.6 Å². The van der Waals surface area contributed by atoms with E-state index >= 15 is 0 Å². The summed E-state index contributed by atoms with van der Waals surface area (Å²) in [6.45, 7) is 1.89. The largest absolute Gasteiger partial charge is 0.488 e. The number of hydrogen-bond donors (Lipinski definition) is 5. The first-order chi connectivity index (χ1) is 15.6. The van der Waals surface area contributed by atoms with Crippen LogP contribution < -0.4 is 21.4 Å². The predicted molar refractivity (Wildman–Crippen MR) is 133 cm³/mol. The summed E-state index contributed by atoms with van der Waals surface area (Å²) in [5, 5.41) is 26.7. The third-order valence-corrected chi connectivity index (χ3v) is 5.60. The Kier molecular flexibility index (Phi) is 8.14. The van der Waals surface area contributed by atoms with Crippen molar-refractivity contribution in [2.45, 2.75) is 13.5 Å². The van der Waals surface area contributed by atoms with Gasteiger partial charge in [-0.3, -0.25) is 4.79 Å². The number of benzene rings is 3. The molecule has 170 valence electrons. The minimum atomic E-state index is -1.55. The number of rotatable bonds is 6. The van der Waals surface area contributed by atoms with Crippen LogP contribution in [0.15, 0.2) is 59.1 Å². The summed E-state index contributed by atoms with van der Waals surface area (Å²) in [5.74, 6) is -1.52. The van der Waals surface area contributed by atoms with E-state index < -0.39 is 18.8 Å². The summed E-state index contributed by atoms with van der Waals surface area (Å²) < 4.78 is 28.2. The Morgan fingerprint density at radius 1 is 1.03 bits per heavy atom. The van der Waals surface area contributed by atoms with E-state index in [-0.39, 0.29) is 26.7 Å². The average molecular weight is 534 g/mol. The molecule has 0 bridgehead atoms. The van der Waals surface area contributed by atoms with E-state index in [1.165, 1.54) is 24.3 Å². The van der Waals surface area contributed by atoms with Crippen molar-refractivity contribution in [1.82, 2.24) is 5.32 Å². The number of aryl methyl sites for hydroxylation is 1. The third-order valence-electron chi connectivity index (χ3n) is 4.70. The number of halogens is 3. The van der Waals surface area contributed by atoms with Crippen molar-refractivity contribution in [3.8, 4) is 0 Å². The first kappa shape index (κ1) is 24.8. The average Bonchev–Trinajstić information content (AvgIpc) is 2.77. The quantitative estimate of drug-likeness (QED) is 0.246. The molecule has 3 aromatic carbocycles. The molecule has 0 atom stereocenters. The van der Waals surface area contributed by atoms with E-state index in [1.54, 1.807) is 31.2 Å². The minimum absolute atomic E-state index is 0.00473. The molecular weight excluding hydrogens is 515 g/mol. The second-order valence-corrected chi connectivity index (χ2v) is 8.42. The molecule has 0 aliphatic rings. The van der Waals surface area contributed by atoms with Gasteiger partial charge in [-0.15, -0.1) is 0 Å². The van der Waals surface area contributed by atoms with Gasteiger partial charge in [0.05, 0.1) is 11.3 Å². The lowest BCUT2D eigenvalue weighted by atomic mass is 9.80. The monoisotopic (exact) mass is 533 g/mol. The Balaban J connectivity index is 1.67. The Bertz CT molecular complexity index is 1200. The van der Waals surface area contributed by atoms with Gasteiger partial charge in [0.15, 0.2) is 5.11 Å². The summed E-state index contributed by atoms with van der Waals surface area (Å²) in [6, 6.07) is 13.2. The second-order valence-electron chi connectivity index (χ2n) is 7.15. The van der Waals surface area contributed by atoms with Crippen molar-refractivity contribution < 1.29 is 23.6 Å². The molecule has 0 heterocycles. The Hall–Kier alpha value is -2.86. The van der Waals surface area contributed by atoms with E-state index in [0.717, 1.165) is 11.6 Å². The number of thiocarbonyl (C=S) groups is 1. The minimum Gasteiger partial charge on any atom is -0.423 e. The number of carbonyl (C=O) groups excluding carboxylic acids is 1. The zero-order chi connectivity index (χ0) is 24.1. The van der Waals surface area contributed by atoms with E-state index in [2.05, 4.69) is 31.9 Å². The molecule has 6 nitrogen and oxygen atoms in total. The lowest BCUT2D eigenvalue weighted by Crippen LogP contribution is -2.30. The number of nitrogens with one attached hydrogen (secondary N) is 3. The third kappa shape index (κ3) is 6.58. The lowest BCUT2D eigenvalue weighted by Gasteiger charge is -2.14. The molecule has 0 spiro atoms. The predicted octanol–water partition coefficient (Wildman–Crippen LogP) is 3.45. The van der Waals surface area contributed by atoms with Gasteiger partial charge in [0, 0.05) is 16.7 Å². The van der Waals surface area contributed by atoms with Gasteiger partial charge in [-0.2, -0.15) is 0 Å². The molecule has 0 saturated carbocycles. The highest BCUT2D eigenvalue weighted by atomic mass is 79.9. The molecule has 0 fully saturated rings. The van der Waals surface area contributed by atoms with Crippen molar-refractivity contribution in [1.29, 1.82) is 0 Å². The van der Waals surface area contributed by atoms with E-state index in [1.807, 2.05) is 0 Å². The molecule has 0 aliphatic heterocycles. The molecule has 0 aromatic heterocycles. The van der Waals surface area contributed by atoms with Crippen LogP contribution in [0.5, 0.6) is 0 Å². The maximum Gasteiger partial charge on any atom is 0.488 e. The van der Waals surface area contributed by atoms with Crippen molar-refractivity contribution in [3.63, 3.8) is 0 Å². The standard InChI is InChI=1S/C22H19BBrF2N3O3S/c1-12-8-15(6-7-18(12)25)28-21(30)16-9-20(19(26)10-17(16)24)29-22(33)27-11-13-2-4-14(5-3-13)23(31)32/h2-10,31-32H,11H2,1H3,(H,28,30)(H2,27,29,33). The molecule has 3 aromatic rings. The molecule has 0 unspecified atom stereocenters. The topological polar surface area (TPSA) is 93.6 Å². The normalized spacial score (nSPS) is 10.5. The second kappa shape index (κ2) is 10.8. The Morgan fingerprint density at radius 3 is 2.36 bits per heavy atom. The van der Waals surface area contributed by atoms with Gasteiger partial charge in [0.2, 0.25) is 0 Å². The fraction of sp³-hybridized carbons (Fsp3) is 0.0909. The smallest absolute Gasteiger partial charge is 0.423 e. The molecule has 0 saturated heterocycles. The van der Waals surface area contributed by atoms with Crippen molar-refractivity contribution in [3.05, 3.63) is 87.4 Å². The van der Waals surface area contributed by atoms with Crippen LogP contribution in [0.25, 0.3) is 0 Å². The highest BCUT2D eigenvalue weighted by Gasteiger charge is 2.16. The molecule has 11 heteroatoms. The highest BCUT2D eigenvalue weighted by Crippen LogP contribution is 2.26. The molecule has 0 aliphatic carbocycles. The van der Waals surface area contributed by atoms with Gasteiger partial charge < -0.3 is 26.0 Å². The van der Waals surface area contributed by atoms with E-state index in [9.17, 15) is 13.6 Å². The van der Waals surface area contributed by atoms with Crippen LogP contribution in [0.3, 0.4) is 0 Å².